The van der Waals surface area contributed by atoms with Crippen LogP contribution in [0.15, 0.2) is 53.6 Å². The molecule has 0 unspecified atom stereocenters. The zero-order chi connectivity index (χ0) is 21.0. The molecule has 0 bridgehead atoms. The summed E-state index contributed by atoms with van der Waals surface area (Å²) >= 11 is 1.76. The summed E-state index contributed by atoms with van der Waals surface area (Å²) in [7, 11) is 0. The molecule has 2 aliphatic rings. The highest BCUT2D eigenvalue weighted by Crippen LogP contribution is 2.31. The van der Waals surface area contributed by atoms with Crippen molar-refractivity contribution in [1.29, 1.82) is 0 Å². The molecular formula is C26H30N4S. The zero-order valence-corrected chi connectivity index (χ0v) is 19.1. The Balaban J connectivity index is 1.26. The van der Waals surface area contributed by atoms with Crippen LogP contribution in [0, 0.1) is 0 Å². The van der Waals surface area contributed by atoms with Gasteiger partial charge < -0.3 is 0 Å². The highest BCUT2D eigenvalue weighted by Gasteiger charge is 2.23. The summed E-state index contributed by atoms with van der Waals surface area (Å²) in [6, 6.07) is 15.0. The van der Waals surface area contributed by atoms with Gasteiger partial charge in [-0.15, -0.1) is 11.8 Å². The summed E-state index contributed by atoms with van der Waals surface area (Å²) in [5, 5.41) is 0. The predicted octanol–water partition coefficient (Wildman–Crippen LogP) is 5.87. The molecule has 2 aromatic heterocycles. The van der Waals surface area contributed by atoms with Crippen LogP contribution in [0.4, 0.5) is 0 Å². The predicted molar refractivity (Wildman–Crippen MR) is 127 cm³/mol. The van der Waals surface area contributed by atoms with Crippen molar-refractivity contribution in [1.82, 2.24) is 19.9 Å². The van der Waals surface area contributed by atoms with E-state index < -0.39 is 0 Å². The normalized spacial score (nSPS) is 17.5. The molecule has 3 heterocycles. The van der Waals surface area contributed by atoms with Gasteiger partial charge in [-0.2, -0.15) is 0 Å². The maximum absolute atomic E-state index is 4.99. The third kappa shape index (κ3) is 4.83. The third-order valence-electron chi connectivity index (χ3n) is 6.58. The summed E-state index contributed by atoms with van der Waals surface area (Å²) in [4.78, 5) is 18.5. The van der Waals surface area contributed by atoms with Gasteiger partial charge in [0.1, 0.15) is 5.82 Å². The minimum absolute atomic E-state index is 0.578. The fraction of sp³-hybridized carbons (Fsp3) is 0.423. The van der Waals surface area contributed by atoms with Crippen molar-refractivity contribution < 1.29 is 0 Å². The zero-order valence-electron chi connectivity index (χ0n) is 18.3. The van der Waals surface area contributed by atoms with Crippen molar-refractivity contribution in [3.8, 4) is 11.3 Å². The van der Waals surface area contributed by atoms with Crippen LogP contribution in [0.2, 0.25) is 0 Å². The van der Waals surface area contributed by atoms with Crippen LogP contribution in [0.3, 0.4) is 0 Å². The van der Waals surface area contributed by atoms with Gasteiger partial charge in [0.05, 0.1) is 11.4 Å². The van der Waals surface area contributed by atoms with Crippen LogP contribution in [-0.2, 0) is 19.5 Å². The number of benzene rings is 1. The number of nitrogens with zero attached hydrogens (tertiary/aromatic N) is 4. The molecule has 0 amide bonds. The van der Waals surface area contributed by atoms with Crippen LogP contribution < -0.4 is 0 Å². The molecule has 160 valence electrons. The molecule has 1 fully saturated rings. The van der Waals surface area contributed by atoms with Gasteiger partial charge >= 0.3 is 0 Å². The number of fused-ring (bicyclic) bond motifs is 1. The number of hydrogen-bond donors (Lipinski definition) is 0. The lowest BCUT2D eigenvalue weighted by molar-refractivity contribution is 0.239. The topological polar surface area (TPSA) is 41.9 Å². The van der Waals surface area contributed by atoms with Gasteiger partial charge in [0.2, 0.25) is 0 Å². The second-order valence-electron chi connectivity index (χ2n) is 8.74. The fourth-order valence-corrected chi connectivity index (χ4v) is 5.21. The fourth-order valence-electron chi connectivity index (χ4n) is 4.80. The minimum Gasteiger partial charge on any atom is -0.293 e. The lowest BCUT2D eigenvalue weighted by Gasteiger charge is -2.29. The molecule has 0 N–H and O–H groups in total. The van der Waals surface area contributed by atoms with E-state index >= 15 is 0 Å². The van der Waals surface area contributed by atoms with Gasteiger partial charge in [-0.05, 0) is 43.4 Å². The summed E-state index contributed by atoms with van der Waals surface area (Å²) in [5.74, 6) is 1.67. The Morgan fingerprint density at radius 2 is 1.84 bits per heavy atom. The molecule has 5 rings (SSSR count). The molecule has 1 aliphatic carbocycles. The van der Waals surface area contributed by atoms with Crippen molar-refractivity contribution in [3.05, 3.63) is 71.4 Å². The molecule has 3 aromatic rings. The Hall–Kier alpha value is -2.24. The second-order valence-corrected chi connectivity index (χ2v) is 9.62. The lowest BCUT2D eigenvalue weighted by atomic mass is 9.88. The maximum Gasteiger partial charge on any atom is 0.131 e. The lowest BCUT2D eigenvalue weighted by Crippen LogP contribution is -2.31. The van der Waals surface area contributed by atoms with Crippen LogP contribution in [0.1, 0.15) is 60.8 Å². The van der Waals surface area contributed by atoms with E-state index in [4.69, 9.17) is 15.0 Å². The number of thioether (sulfide) groups is 1. The average Bonchev–Trinajstić information content (AvgIpc) is 2.84. The van der Waals surface area contributed by atoms with Crippen molar-refractivity contribution in [2.24, 2.45) is 0 Å². The Morgan fingerprint density at radius 1 is 1.00 bits per heavy atom. The Kier molecular flexibility index (Phi) is 6.32. The van der Waals surface area contributed by atoms with Crippen LogP contribution in [0.25, 0.3) is 11.3 Å². The Morgan fingerprint density at radius 3 is 2.65 bits per heavy atom. The van der Waals surface area contributed by atoms with E-state index in [1.165, 1.54) is 53.8 Å². The van der Waals surface area contributed by atoms with Gasteiger partial charge in [-0.25, -0.2) is 9.97 Å². The molecule has 1 aromatic carbocycles. The second kappa shape index (κ2) is 9.49. The van der Waals surface area contributed by atoms with Gasteiger partial charge in [0.25, 0.3) is 0 Å². The molecule has 0 radical (unpaired) electrons. The quantitative estimate of drug-likeness (QED) is 0.474. The molecule has 31 heavy (non-hydrogen) atoms. The average molecular weight is 431 g/mol. The number of hydrogen-bond acceptors (Lipinski definition) is 5. The van der Waals surface area contributed by atoms with Crippen molar-refractivity contribution >= 4 is 11.8 Å². The summed E-state index contributed by atoms with van der Waals surface area (Å²) in [6.07, 6.45) is 11.7. The molecule has 1 aliphatic heterocycles. The summed E-state index contributed by atoms with van der Waals surface area (Å²) < 4.78 is 0. The van der Waals surface area contributed by atoms with Gasteiger partial charge in [0.15, 0.2) is 0 Å². The van der Waals surface area contributed by atoms with E-state index in [0.717, 1.165) is 43.3 Å². The first-order valence-electron chi connectivity index (χ1n) is 11.5. The maximum atomic E-state index is 4.99. The van der Waals surface area contributed by atoms with Crippen LogP contribution in [0.5, 0.6) is 0 Å². The molecule has 0 spiro atoms. The first-order chi connectivity index (χ1) is 15.3. The molecule has 0 atom stereocenters. The van der Waals surface area contributed by atoms with Gasteiger partial charge in [-0.1, -0.05) is 37.5 Å². The van der Waals surface area contributed by atoms with E-state index in [-0.39, 0.29) is 0 Å². The third-order valence-corrected chi connectivity index (χ3v) is 7.32. The summed E-state index contributed by atoms with van der Waals surface area (Å²) in [5.41, 5.74) is 5.89. The van der Waals surface area contributed by atoms with Crippen LogP contribution >= 0.6 is 11.8 Å². The Bertz CT molecular complexity index is 1030. The van der Waals surface area contributed by atoms with Crippen molar-refractivity contribution in [2.75, 3.05) is 12.8 Å². The van der Waals surface area contributed by atoms with E-state index in [2.05, 4.69) is 59.8 Å². The number of aromatic nitrogens is 3. The van der Waals surface area contributed by atoms with E-state index in [0.29, 0.717) is 5.92 Å². The highest BCUT2D eigenvalue weighted by molar-refractivity contribution is 7.98. The van der Waals surface area contributed by atoms with Crippen LogP contribution in [-0.4, -0.2) is 32.7 Å². The van der Waals surface area contributed by atoms with E-state index in [9.17, 15) is 0 Å². The standard InChI is InChI=1S/C26H30N4S/c1-31-23-12-10-19(11-13-23)24-9-5-8-22(28-24)18-30-15-14-25-21(17-30)16-27-26(29-25)20-6-3-2-4-7-20/h5,8-13,16,20H,2-4,6-7,14-15,17-18H2,1H3. The molecule has 0 saturated heterocycles. The molecule has 5 heteroatoms. The van der Waals surface area contributed by atoms with Crippen molar-refractivity contribution in [3.63, 3.8) is 0 Å². The SMILES string of the molecule is CSc1ccc(-c2cccc(CN3CCc4nc(C5CCCCC5)ncc4C3)n2)cc1. The van der Waals surface area contributed by atoms with E-state index in [1.54, 1.807) is 11.8 Å². The van der Waals surface area contributed by atoms with Gasteiger partial charge in [-0.3, -0.25) is 9.88 Å². The van der Waals surface area contributed by atoms with Crippen molar-refractivity contribution in [2.45, 2.75) is 62.4 Å². The minimum atomic E-state index is 0.578. The molecular weight excluding hydrogens is 400 g/mol. The first kappa shape index (κ1) is 20.7. The highest BCUT2D eigenvalue weighted by atomic mass is 32.2. The van der Waals surface area contributed by atoms with E-state index in [1.807, 2.05) is 0 Å². The molecule has 4 nitrogen and oxygen atoms in total. The Labute approximate surface area is 189 Å². The largest absolute Gasteiger partial charge is 0.293 e. The number of rotatable bonds is 5. The summed E-state index contributed by atoms with van der Waals surface area (Å²) in [6.45, 7) is 2.80. The number of pyridine rings is 1. The molecule has 1 saturated carbocycles. The first-order valence-corrected chi connectivity index (χ1v) is 12.7. The monoisotopic (exact) mass is 430 g/mol. The van der Waals surface area contributed by atoms with Gasteiger partial charge in [0, 0.05) is 59.9 Å². The smallest absolute Gasteiger partial charge is 0.131 e.